The molecule has 162 valence electrons. The molecule has 31 heavy (non-hydrogen) atoms. The van der Waals surface area contributed by atoms with Crippen LogP contribution in [0.2, 0.25) is 0 Å². The van der Waals surface area contributed by atoms with Crippen molar-refractivity contribution in [2.45, 2.75) is 13.8 Å². The molecule has 1 aliphatic rings. The lowest BCUT2D eigenvalue weighted by atomic mass is 10.2. The summed E-state index contributed by atoms with van der Waals surface area (Å²) >= 11 is 1.50. The number of rotatable bonds is 8. The van der Waals surface area contributed by atoms with Crippen molar-refractivity contribution >= 4 is 38.7 Å². The number of hydrogen-bond donors (Lipinski definition) is 0. The van der Waals surface area contributed by atoms with Gasteiger partial charge in [-0.05, 0) is 24.7 Å². The molecular weight excluding hydrogens is 410 g/mol. The van der Waals surface area contributed by atoms with Gasteiger partial charge in [-0.15, -0.1) is 0 Å². The molecule has 0 radical (unpaired) electrons. The summed E-state index contributed by atoms with van der Waals surface area (Å²) in [6, 6.07) is 13.7. The molecule has 0 unspecified atom stereocenters. The lowest BCUT2D eigenvalue weighted by molar-refractivity contribution is -0.114. The van der Waals surface area contributed by atoms with Gasteiger partial charge in [0, 0.05) is 31.3 Å². The van der Waals surface area contributed by atoms with E-state index < -0.39 is 0 Å². The average molecular weight is 438 g/mol. The van der Waals surface area contributed by atoms with Crippen molar-refractivity contribution in [2.24, 2.45) is 0 Å². The fraction of sp³-hybridized carbons (Fsp3) is 0.333. The monoisotopic (exact) mass is 437 g/mol. The summed E-state index contributed by atoms with van der Waals surface area (Å²) in [5, 5.41) is 0.687. The minimum Gasteiger partial charge on any atom is -0.486 e. The lowest BCUT2D eigenvalue weighted by Gasteiger charge is -2.23. The number of nitrogens with zero attached hydrogens (tertiary/aromatic N) is 3. The van der Waals surface area contributed by atoms with Crippen LogP contribution < -0.4 is 14.4 Å². The van der Waals surface area contributed by atoms with Crippen LogP contribution in [-0.4, -0.2) is 55.2 Å². The number of anilines is 1. The quantitative estimate of drug-likeness (QED) is 0.487. The maximum atomic E-state index is 13.2. The molecule has 0 saturated carbocycles. The van der Waals surface area contributed by atoms with Crippen molar-refractivity contribution in [1.29, 1.82) is 0 Å². The fourth-order valence-corrected chi connectivity index (χ4v) is 4.48. The highest BCUT2D eigenvalue weighted by atomic mass is 32.1. The molecule has 2 heterocycles. The number of ether oxygens (including phenoxy) is 2. The first-order valence-corrected chi connectivity index (χ1v) is 11.5. The van der Waals surface area contributed by atoms with Gasteiger partial charge in [-0.25, -0.2) is 4.98 Å². The van der Waals surface area contributed by atoms with E-state index in [1.807, 2.05) is 48.5 Å². The van der Waals surface area contributed by atoms with Gasteiger partial charge in [0.05, 0.1) is 10.2 Å². The second-order valence-electron chi connectivity index (χ2n) is 7.22. The molecule has 1 amide bonds. The molecule has 2 aromatic carbocycles. The standard InChI is InChI=1S/C24H27N3O3S/c1-3-26(4-2)12-13-27(23(28)11-10-18-8-6-5-7-9-18)24-25-19-16-20-21(17-22(19)31-24)30-15-14-29-20/h5-11,16-17H,3-4,12-15H2,1-2H3. The third-order valence-electron chi connectivity index (χ3n) is 5.29. The first-order valence-electron chi connectivity index (χ1n) is 10.6. The largest absolute Gasteiger partial charge is 0.486 e. The number of amides is 1. The molecule has 0 fully saturated rings. The molecular formula is C24H27N3O3S. The van der Waals surface area contributed by atoms with Crippen molar-refractivity contribution in [3.05, 3.63) is 54.1 Å². The predicted octanol–water partition coefficient (Wildman–Crippen LogP) is 4.46. The summed E-state index contributed by atoms with van der Waals surface area (Å²) < 4.78 is 12.4. The Hall–Kier alpha value is -2.90. The summed E-state index contributed by atoms with van der Waals surface area (Å²) in [5.74, 6) is 1.37. The first-order chi connectivity index (χ1) is 15.2. The second kappa shape index (κ2) is 9.94. The predicted molar refractivity (Wildman–Crippen MR) is 126 cm³/mol. The van der Waals surface area contributed by atoms with Crippen LogP contribution in [0.1, 0.15) is 19.4 Å². The zero-order valence-electron chi connectivity index (χ0n) is 17.9. The smallest absolute Gasteiger partial charge is 0.252 e. The van der Waals surface area contributed by atoms with Gasteiger partial charge in [0.25, 0.3) is 5.91 Å². The molecule has 0 saturated heterocycles. The van der Waals surface area contributed by atoms with E-state index in [0.717, 1.165) is 41.2 Å². The van der Waals surface area contributed by atoms with Crippen LogP contribution in [0, 0.1) is 0 Å². The minimum atomic E-state index is -0.0765. The molecule has 6 nitrogen and oxygen atoms in total. The molecule has 0 aliphatic carbocycles. The molecule has 3 aromatic rings. The Morgan fingerprint density at radius 2 is 1.77 bits per heavy atom. The zero-order valence-corrected chi connectivity index (χ0v) is 18.7. The molecule has 0 atom stereocenters. The Kier molecular flexibility index (Phi) is 6.84. The van der Waals surface area contributed by atoms with Crippen LogP contribution in [-0.2, 0) is 4.79 Å². The minimum absolute atomic E-state index is 0.0765. The number of benzene rings is 2. The molecule has 1 aliphatic heterocycles. The highest BCUT2D eigenvalue weighted by molar-refractivity contribution is 7.22. The third-order valence-corrected chi connectivity index (χ3v) is 6.33. The highest BCUT2D eigenvalue weighted by Crippen LogP contribution is 2.38. The summed E-state index contributed by atoms with van der Waals surface area (Å²) in [5.41, 5.74) is 1.81. The second-order valence-corrected chi connectivity index (χ2v) is 8.23. The maximum absolute atomic E-state index is 13.2. The van der Waals surface area contributed by atoms with Crippen LogP contribution in [0.5, 0.6) is 11.5 Å². The molecule has 0 bridgehead atoms. The highest BCUT2D eigenvalue weighted by Gasteiger charge is 2.21. The molecule has 4 rings (SSSR count). The van der Waals surface area contributed by atoms with E-state index >= 15 is 0 Å². The van der Waals surface area contributed by atoms with Crippen LogP contribution in [0.3, 0.4) is 0 Å². The van der Waals surface area contributed by atoms with Crippen molar-refractivity contribution in [2.75, 3.05) is 44.3 Å². The number of hydrogen-bond acceptors (Lipinski definition) is 6. The maximum Gasteiger partial charge on any atom is 0.252 e. The molecule has 7 heteroatoms. The van der Waals surface area contributed by atoms with Crippen molar-refractivity contribution in [3.63, 3.8) is 0 Å². The molecule has 0 spiro atoms. The number of aromatic nitrogens is 1. The number of carbonyl (C=O) groups excluding carboxylic acids is 1. The van der Waals surface area contributed by atoms with Crippen LogP contribution in [0.15, 0.2) is 48.5 Å². The van der Waals surface area contributed by atoms with Gasteiger partial charge in [-0.3, -0.25) is 9.69 Å². The van der Waals surface area contributed by atoms with Gasteiger partial charge in [-0.2, -0.15) is 0 Å². The van der Waals surface area contributed by atoms with E-state index in [1.54, 1.807) is 11.0 Å². The number of carbonyl (C=O) groups is 1. The molecule has 0 N–H and O–H groups in total. The summed E-state index contributed by atoms with van der Waals surface area (Å²) in [4.78, 5) is 22.0. The third kappa shape index (κ3) is 5.06. The summed E-state index contributed by atoms with van der Waals surface area (Å²) in [6.07, 6.45) is 3.47. The van der Waals surface area contributed by atoms with Gasteiger partial charge >= 0.3 is 0 Å². The van der Waals surface area contributed by atoms with E-state index in [-0.39, 0.29) is 5.91 Å². The Balaban J connectivity index is 1.62. The first kappa shape index (κ1) is 21.3. The van der Waals surface area contributed by atoms with E-state index in [2.05, 4.69) is 18.7 Å². The Labute approximate surface area is 186 Å². The number of likely N-dealkylation sites (N-methyl/N-ethyl adjacent to an activating group) is 1. The van der Waals surface area contributed by atoms with E-state index in [0.29, 0.717) is 30.6 Å². The van der Waals surface area contributed by atoms with Gasteiger partial charge in [-0.1, -0.05) is 55.5 Å². The summed E-state index contributed by atoms with van der Waals surface area (Å²) in [7, 11) is 0. The fourth-order valence-electron chi connectivity index (χ4n) is 3.47. The Morgan fingerprint density at radius 1 is 1.06 bits per heavy atom. The Morgan fingerprint density at radius 3 is 2.48 bits per heavy atom. The van der Waals surface area contributed by atoms with Gasteiger partial charge in [0.2, 0.25) is 0 Å². The van der Waals surface area contributed by atoms with Crippen LogP contribution >= 0.6 is 11.3 Å². The van der Waals surface area contributed by atoms with E-state index in [1.165, 1.54) is 11.3 Å². The van der Waals surface area contributed by atoms with Crippen LogP contribution in [0.25, 0.3) is 16.3 Å². The van der Waals surface area contributed by atoms with Crippen molar-refractivity contribution in [1.82, 2.24) is 9.88 Å². The SMILES string of the molecule is CCN(CC)CCN(C(=O)C=Cc1ccccc1)c1nc2cc3c(cc2s1)OCCO3. The van der Waals surface area contributed by atoms with Gasteiger partial charge in [0.15, 0.2) is 16.6 Å². The summed E-state index contributed by atoms with van der Waals surface area (Å²) in [6.45, 7) is 8.60. The molecule has 1 aromatic heterocycles. The van der Waals surface area contributed by atoms with E-state index in [9.17, 15) is 4.79 Å². The number of thiazole rings is 1. The van der Waals surface area contributed by atoms with Gasteiger partial charge < -0.3 is 14.4 Å². The van der Waals surface area contributed by atoms with Crippen molar-refractivity contribution in [3.8, 4) is 11.5 Å². The lowest BCUT2D eigenvalue weighted by Crippen LogP contribution is -2.38. The normalized spacial score (nSPS) is 13.3. The van der Waals surface area contributed by atoms with Crippen molar-refractivity contribution < 1.29 is 14.3 Å². The zero-order chi connectivity index (χ0) is 21.6. The number of fused-ring (bicyclic) bond motifs is 2. The topological polar surface area (TPSA) is 54.9 Å². The van der Waals surface area contributed by atoms with E-state index in [4.69, 9.17) is 14.5 Å². The van der Waals surface area contributed by atoms with Gasteiger partial charge in [0.1, 0.15) is 13.2 Å². The average Bonchev–Trinajstić information content (AvgIpc) is 3.21. The Bertz CT molecular complexity index is 1020. The van der Waals surface area contributed by atoms with Crippen LogP contribution in [0.4, 0.5) is 5.13 Å².